The van der Waals surface area contributed by atoms with E-state index in [0.29, 0.717) is 0 Å². The number of carbonyl (C=O) groups is 1. The first kappa shape index (κ1) is 16.2. The van der Waals surface area contributed by atoms with E-state index in [4.69, 9.17) is 0 Å². The number of rotatable bonds is 11. The highest BCUT2D eigenvalue weighted by Gasteiger charge is 1.92. The summed E-state index contributed by atoms with van der Waals surface area (Å²) < 4.78 is 4.52. The number of esters is 1. The number of unbranched alkanes of at least 4 members (excludes halogenated alkanes) is 9. The molecule has 0 unspecified atom stereocenters. The van der Waals surface area contributed by atoms with Gasteiger partial charge in [0, 0.05) is 6.08 Å². The fourth-order valence-electron chi connectivity index (χ4n) is 1.82. The topological polar surface area (TPSA) is 26.3 Å². The number of hydrogen-bond acceptors (Lipinski definition) is 2. The molecule has 17 heavy (non-hydrogen) atoms. The highest BCUT2D eigenvalue weighted by molar-refractivity contribution is 5.81. The molecule has 0 aliphatic carbocycles. The Hall–Kier alpha value is -0.790. The van der Waals surface area contributed by atoms with Crippen LogP contribution in [0, 0.1) is 0 Å². The highest BCUT2D eigenvalue weighted by atomic mass is 16.5. The Kier molecular flexibility index (Phi) is 12.7. The van der Waals surface area contributed by atoms with E-state index in [1.165, 1.54) is 71.0 Å². The van der Waals surface area contributed by atoms with Crippen LogP contribution in [0.15, 0.2) is 12.2 Å². The maximum atomic E-state index is 10.8. The third-order valence-corrected chi connectivity index (χ3v) is 2.93. The van der Waals surface area contributed by atoms with Crippen molar-refractivity contribution in [2.75, 3.05) is 7.11 Å². The van der Waals surface area contributed by atoms with E-state index in [9.17, 15) is 4.79 Å². The van der Waals surface area contributed by atoms with Gasteiger partial charge in [0.1, 0.15) is 0 Å². The van der Waals surface area contributed by atoms with E-state index in [-0.39, 0.29) is 5.97 Å². The maximum absolute atomic E-state index is 10.8. The monoisotopic (exact) mass is 240 g/mol. The second-order valence-electron chi connectivity index (χ2n) is 4.54. The average molecular weight is 240 g/mol. The van der Waals surface area contributed by atoms with E-state index >= 15 is 0 Å². The fraction of sp³-hybridized carbons (Fsp3) is 0.800. The number of carbonyl (C=O) groups excluding carboxylic acids is 1. The molecule has 2 heteroatoms. The number of ether oxygens (including phenoxy) is 1. The van der Waals surface area contributed by atoms with E-state index in [1.807, 2.05) is 6.08 Å². The standard InChI is InChI=1S/C15H28O2/c1-3-4-5-6-7-8-9-10-11-12-13-14-15(16)17-2/h13-14H,3-12H2,1-2H3. The van der Waals surface area contributed by atoms with Gasteiger partial charge in [0.2, 0.25) is 0 Å². The normalized spacial score (nSPS) is 10.9. The highest BCUT2D eigenvalue weighted by Crippen LogP contribution is 2.10. The molecule has 0 amide bonds. The van der Waals surface area contributed by atoms with E-state index in [0.717, 1.165) is 6.42 Å². The van der Waals surface area contributed by atoms with Crippen molar-refractivity contribution < 1.29 is 9.53 Å². The molecule has 0 aliphatic rings. The molecule has 0 saturated carbocycles. The fourth-order valence-corrected chi connectivity index (χ4v) is 1.82. The summed E-state index contributed by atoms with van der Waals surface area (Å²) in [5, 5.41) is 0. The minimum absolute atomic E-state index is 0.249. The van der Waals surface area contributed by atoms with Crippen molar-refractivity contribution in [1.82, 2.24) is 0 Å². The summed E-state index contributed by atoms with van der Waals surface area (Å²) in [6, 6.07) is 0. The SMILES string of the molecule is CCCCCCCCCCCC=CC(=O)OC. The van der Waals surface area contributed by atoms with Gasteiger partial charge in [-0.25, -0.2) is 4.79 Å². The summed E-state index contributed by atoms with van der Waals surface area (Å²) >= 11 is 0. The molecule has 0 radical (unpaired) electrons. The summed E-state index contributed by atoms with van der Waals surface area (Å²) in [5.41, 5.74) is 0. The number of methoxy groups -OCH3 is 1. The predicted molar refractivity (Wildman–Crippen MR) is 73.0 cm³/mol. The van der Waals surface area contributed by atoms with Crippen LogP contribution in [0.1, 0.15) is 71.1 Å². The molecule has 0 bridgehead atoms. The predicted octanol–water partition coefficient (Wildman–Crippen LogP) is 4.64. The lowest BCUT2D eigenvalue weighted by Crippen LogP contribution is -1.93. The third-order valence-electron chi connectivity index (χ3n) is 2.93. The van der Waals surface area contributed by atoms with Crippen molar-refractivity contribution in [1.29, 1.82) is 0 Å². The Morgan fingerprint density at radius 2 is 1.47 bits per heavy atom. The second-order valence-corrected chi connectivity index (χ2v) is 4.54. The summed E-state index contributed by atoms with van der Waals surface area (Å²) in [4.78, 5) is 10.8. The quantitative estimate of drug-likeness (QED) is 0.299. The zero-order valence-corrected chi connectivity index (χ0v) is 11.5. The van der Waals surface area contributed by atoms with Gasteiger partial charge >= 0.3 is 5.97 Å². The molecular weight excluding hydrogens is 212 g/mol. The zero-order chi connectivity index (χ0) is 12.8. The molecule has 0 spiro atoms. The van der Waals surface area contributed by atoms with E-state index in [1.54, 1.807) is 0 Å². The van der Waals surface area contributed by atoms with Crippen molar-refractivity contribution in [2.45, 2.75) is 71.1 Å². The molecule has 0 rings (SSSR count). The number of hydrogen-bond donors (Lipinski definition) is 0. The van der Waals surface area contributed by atoms with Gasteiger partial charge in [-0.2, -0.15) is 0 Å². The van der Waals surface area contributed by atoms with E-state index in [2.05, 4.69) is 11.7 Å². The molecule has 0 atom stereocenters. The largest absolute Gasteiger partial charge is 0.466 e. The molecule has 0 aromatic carbocycles. The summed E-state index contributed by atoms with van der Waals surface area (Å²) in [5.74, 6) is -0.249. The van der Waals surface area contributed by atoms with Crippen LogP contribution in [0.25, 0.3) is 0 Å². The van der Waals surface area contributed by atoms with Gasteiger partial charge in [0.05, 0.1) is 7.11 Å². The Bertz CT molecular complexity index is 197. The van der Waals surface area contributed by atoms with Crippen molar-refractivity contribution in [3.8, 4) is 0 Å². The molecule has 0 N–H and O–H groups in total. The Balaban J connectivity index is 3.08. The smallest absolute Gasteiger partial charge is 0.330 e. The Morgan fingerprint density at radius 1 is 0.941 bits per heavy atom. The lowest BCUT2D eigenvalue weighted by Gasteiger charge is -2.00. The summed E-state index contributed by atoms with van der Waals surface area (Å²) in [6.45, 7) is 2.25. The maximum Gasteiger partial charge on any atom is 0.330 e. The van der Waals surface area contributed by atoms with Gasteiger partial charge in [-0.15, -0.1) is 0 Å². The summed E-state index contributed by atoms with van der Waals surface area (Å²) in [6.07, 6.45) is 16.5. The molecule has 0 fully saturated rings. The van der Waals surface area contributed by atoms with Crippen LogP contribution in [0.4, 0.5) is 0 Å². The van der Waals surface area contributed by atoms with Crippen molar-refractivity contribution in [3.05, 3.63) is 12.2 Å². The number of allylic oxidation sites excluding steroid dienone is 1. The van der Waals surface area contributed by atoms with E-state index < -0.39 is 0 Å². The third kappa shape index (κ3) is 13.1. The van der Waals surface area contributed by atoms with Crippen LogP contribution in [-0.4, -0.2) is 13.1 Å². The first-order valence-electron chi connectivity index (χ1n) is 7.05. The Labute approximate surface area is 106 Å². The van der Waals surface area contributed by atoms with Crippen LogP contribution in [-0.2, 0) is 9.53 Å². The van der Waals surface area contributed by atoms with Crippen molar-refractivity contribution in [2.24, 2.45) is 0 Å². The minimum atomic E-state index is -0.249. The van der Waals surface area contributed by atoms with Crippen LogP contribution in [0.2, 0.25) is 0 Å². The molecule has 0 aromatic heterocycles. The molecule has 0 aromatic rings. The van der Waals surface area contributed by atoms with Crippen LogP contribution < -0.4 is 0 Å². The van der Waals surface area contributed by atoms with Gasteiger partial charge < -0.3 is 4.74 Å². The van der Waals surface area contributed by atoms with Gasteiger partial charge in [-0.3, -0.25) is 0 Å². The molecule has 0 aliphatic heterocycles. The van der Waals surface area contributed by atoms with Crippen LogP contribution in [0.3, 0.4) is 0 Å². The molecule has 2 nitrogen and oxygen atoms in total. The molecule has 100 valence electrons. The Morgan fingerprint density at radius 3 is 2.00 bits per heavy atom. The van der Waals surface area contributed by atoms with Crippen molar-refractivity contribution >= 4 is 5.97 Å². The van der Waals surface area contributed by atoms with Gasteiger partial charge in [-0.1, -0.05) is 64.4 Å². The first-order chi connectivity index (χ1) is 8.31. The molecule has 0 saturated heterocycles. The lowest BCUT2D eigenvalue weighted by atomic mass is 10.1. The average Bonchev–Trinajstić information content (AvgIpc) is 2.35. The minimum Gasteiger partial charge on any atom is -0.466 e. The van der Waals surface area contributed by atoms with Gasteiger partial charge in [-0.05, 0) is 12.8 Å². The molecule has 0 heterocycles. The zero-order valence-electron chi connectivity index (χ0n) is 11.5. The van der Waals surface area contributed by atoms with Crippen LogP contribution in [0.5, 0.6) is 0 Å². The van der Waals surface area contributed by atoms with Crippen LogP contribution >= 0.6 is 0 Å². The van der Waals surface area contributed by atoms with Gasteiger partial charge in [0.25, 0.3) is 0 Å². The lowest BCUT2D eigenvalue weighted by molar-refractivity contribution is -0.134. The molecular formula is C15H28O2. The summed E-state index contributed by atoms with van der Waals surface area (Å²) in [7, 11) is 1.41. The van der Waals surface area contributed by atoms with Gasteiger partial charge in [0.15, 0.2) is 0 Å². The second kappa shape index (κ2) is 13.3. The van der Waals surface area contributed by atoms with Crippen molar-refractivity contribution in [3.63, 3.8) is 0 Å². The first-order valence-corrected chi connectivity index (χ1v) is 7.05.